The van der Waals surface area contributed by atoms with Gasteiger partial charge in [-0.2, -0.15) is 0 Å². The Morgan fingerprint density at radius 3 is 2.51 bits per heavy atom. The number of carbonyl (C=O) groups excluding carboxylic acids is 2. The average Bonchev–Trinajstić information content (AvgIpc) is 3.74. The van der Waals surface area contributed by atoms with Crippen LogP contribution in [-0.4, -0.2) is 81.6 Å². The van der Waals surface area contributed by atoms with Crippen molar-refractivity contribution in [2.75, 3.05) is 25.9 Å². The van der Waals surface area contributed by atoms with Crippen molar-refractivity contribution >= 4 is 17.3 Å². The summed E-state index contributed by atoms with van der Waals surface area (Å²) >= 11 is 0. The number of ketones is 2. The van der Waals surface area contributed by atoms with Gasteiger partial charge in [-0.05, 0) is 203 Å². The number of phenols is 1. The van der Waals surface area contributed by atoms with Gasteiger partial charge in [0, 0.05) is 48.7 Å². The number of ether oxygens (including phenoxy) is 1. The number of epoxide rings is 1. The summed E-state index contributed by atoms with van der Waals surface area (Å²) in [5.74, 6) is 1.13. The van der Waals surface area contributed by atoms with Crippen LogP contribution < -0.4 is 16.4 Å². The van der Waals surface area contributed by atoms with Crippen LogP contribution in [0.25, 0.3) is 0 Å². The minimum absolute atomic E-state index is 0.00707. The summed E-state index contributed by atoms with van der Waals surface area (Å²) in [6, 6.07) is 14.0. The molecule has 12 rings (SSSR count). The molecule has 2 bridgehead atoms. The van der Waals surface area contributed by atoms with Crippen molar-refractivity contribution in [3.8, 4) is 5.75 Å². The number of carbonyl (C=O) groups is 2. The Hall–Kier alpha value is -3.38. The monoisotopic (exact) mass is 986 g/mol. The second-order valence-corrected chi connectivity index (χ2v) is 26.6. The average molecular weight is 986 g/mol. The molecule has 0 aromatic heterocycles. The molecular weight excluding hydrogens is 899 g/mol. The molecule has 2 aliphatic heterocycles. The summed E-state index contributed by atoms with van der Waals surface area (Å²) in [5, 5.41) is 53.7. The molecule has 8 aliphatic carbocycles. The fourth-order valence-electron chi connectivity index (χ4n) is 19.5. The van der Waals surface area contributed by atoms with E-state index < -0.39 is 34.1 Å². The molecule has 8 N–H and O–H groups in total. The Bertz CT molecular complexity index is 2500. The molecular formula is C62H87N3O7. The number of rotatable bonds is 11. The largest absolute Gasteiger partial charge is 0.508 e. The Kier molecular flexibility index (Phi) is 13.0. The van der Waals surface area contributed by atoms with Crippen molar-refractivity contribution in [2.24, 2.45) is 63.1 Å². The number of phenolic OH excluding ortho intramolecular Hbond substituents is 1. The van der Waals surface area contributed by atoms with Crippen LogP contribution >= 0.6 is 0 Å². The Morgan fingerprint density at radius 1 is 0.944 bits per heavy atom. The number of nitrogen functional groups attached to an aromatic ring is 1. The van der Waals surface area contributed by atoms with Crippen LogP contribution in [0.1, 0.15) is 172 Å². The van der Waals surface area contributed by atoms with E-state index in [4.69, 9.17) is 10.5 Å². The quantitative estimate of drug-likeness (QED) is 0.0652. The first kappa shape index (κ1) is 50.8. The molecule has 0 radical (unpaired) electrons. The third-order valence-electron chi connectivity index (χ3n) is 22.7. The number of anilines is 1. The summed E-state index contributed by atoms with van der Waals surface area (Å²) in [6.07, 6.45) is 17.9. The molecule has 392 valence electrons. The molecule has 0 amide bonds. The number of aliphatic hydroxyl groups is 3. The number of aromatic hydroxyl groups is 1. The summed E-state index contributed by atoms with van der Waals surface area (Å²) in [5.41, 5.74) is 9.23. The van der Waals surface area contributed by atoms with Crippen molar-refractivity contribution in [3.05, 3.63) is 82.5 Å². The molecule has 2 aromatic carbocycles. The topological polar surface area (TPSA) is 178 Å². The van der Waals surface area contributed by atoms with Crippen LogP contribution in [0.4, 0.5) is 5.69 Å². The molecule has 2 saturated heterocycles. The van der Waals surface area contributed by atoms with Crippen LogP contribution in [0.3, 0.4) is 0 Å². The van der Waals surface area contributed by atoms with Crippen LogP contribution in [0.5, 0.6) is 5.75 Å². The Labute approximate surface area is 429 Å². The highest BCUT2D eigenvalue weighted by molar-refractivity contribution is 6.01. The summed E-state index contributed by atoms with van der Waals surface area (Å²) in [7, 11) is 1.91. The van der Waals surface area contributed by atoms with Crippen LogP contribution in [0, 0.1) is 63.1 Å². The maximum atomic E-state index is 16.0. The Balaban J connectivity index is 0.992. The van der Waals surface area contributed by atoms with E-state index in [0.717, 1.165) is 106 Å². The standard InChI is InChI=1S/C62H87N3O7/c1-57(71)22-7-8-23-62-24-12-19-47(52(55(62)70)40-26-37(33-64-6)27-42(67)29-40)60(4)51-21-20-46-53(50(69)32-58(46,2)59(51,3)31-48(54(60)62)65-35-57)44(38-14-9-13-36(25-38)34-66)30-49(68)56-61(5,72-56)45-18-11-17-43(45)39-15-10-16-41(63)28-39/h10,12,15-16,19,26-29,36,38,43-45,47-49,51-52,54,56,64-68,71H,7-9,11,13-14,17-18,20-25,30-35,63H2,1-6H3. The van der Waals surface area contributed by atoms with E-state index in [1.165, 1.54) is 11.1 Å². The van der Waals surface area contributed by atoms with Gasteiger partial charge in [0.1, 0.15) is 17.6 Å². The number of nitrogens with one attached hydrogen (secondary N) is 2. The van der Waals surface area contributed by atoms with E-state index in [-0.39, 0.29) is 82.5 Å². The summed E-state index contributed by atoms with van der Waals surface area (Å²) < 4.78 is 6.73. The Morgan fingerprint density at radius 2 is 1.74 bits per heavy atom. The molecule has 18 unspecified atom stereocenters. The number of fused-ring (bicyclic) bond motifs is 5. The van der Waals surface area contributed by atoms with Gasteiger partial charge in [0.25, 0.3) is 0 Å². The SMILES string of the molecule is CNCc1cc(O)cc(C2C(=O)C34CC=CC2C2(C)C3C(CC3(C)C2CCC2=C(C(CC(O)C5OC5(C)C5CCCC5c5cccc(N)c5)C5CCCC(CO)C5)C(=O)CC23C)NCC(C)(O)CCCC4)c1. The predicted molar refractivity (Wildman–Crippen MR) is 282 cm³/mol. The maximum Gasteiger partial charge on any atom is 0.160 e. The van der Waals surface area contributed by atoms with Crippen molar-refractivity contribution in [2.45, 2.75) is 192 Å². The van der Waals surface area contributed by atoms with Gasteiger partial charge in [-0.1, -0.05) is 82.4 Å². The molecule has 72 heavy (non-hydrogen) atoms. The molecule has 2 aromatic rings. The van der Waals surface area contributed by atoms with E-state index in [2.05, 4.69) is 68.7 Å². The van der Waals surface area contributed by atoms with Gasteiger partial charge in [0.05, 0.1) is 23.2 Å². The highest BCUT2D eigenvalue weighted by atomic mass is 16.6. The van der Waals surface area contributed by atoms with Crippen LogP contribution in [0.2, 0.25) is 0 Å². The third kappa shape index (κ3) is 7.89. The molecule has 18 atom stereocenters. The number of nitrogens with two attached hydrogens (primary N) is 1. The van der Waals surface area contributed by atoms with Gasteiger partial charge >= 0.3 is 0 Å². The first-order chi connectivity index (χ1) is 34.3. The minimum Gasteiger partial charge on any atom is -0.508 e. The van der Waals surface area contributed by atoms with Gasteiger partial charge in [-0.25, -0.2) is 0 Å². The smallest absolute Gasteiger partial charge is 0.160 e. The lowest BCUT2D eigenvalue weighted by Gasteiger charge is -2.72. The lowest BCUT2D eigenvalue weighted by molar-refractivity contribution is -0.211. The van der Waals surface area contributed by atoms with Crippen LogP contribution in [-0.2, 0) is 20.9 Å². The number of aliphatic hydroxyl groups excluding tert-OH is 2. The lowest BCUT2D eigenvalue weighted by atomic mass is 9.32. The van der Waals surface area contributed by atoms with Crippen LogP contribution in [0.15, 0.2) is 65.8 Å². The van der Waals surface area contributed by atoms with Gasteiger partial charge in [-0.15, -0.1) is 0 Å². The minimum atomic E-state index is -0.896. The predicted octanol–water partition coefficient (Wildman–Crippen LogP) is 9.83. The number of β-amino-alcohol motifs (C(OH)–C–C–N with tert-alkyl or cyclic N) is 1. The number of benzene rings is 2. The van der Waals surface area contributed by atoms with Crippen molar-refractivity contribution < 1.29 is 34.8 Å². The lowest BCUT2D eigenvalue weighted by Crippen LogP contribution is -2.72. The first-order valence-electron chi connectivity index (χ1n) is 28.5. The molecule has 1 spiro atoms. The van der Waals surface area contributed by atoms with Gasteiger partial charge in [0.2, 0.25) is 0 Å². The van der Waals surface area contributed by atoms with Crippen molar-refractivity contribution in [1.82, 2.24) is 10.6 Å². The number of hydrogen-bond acceptors (Lipinski definition) is 10. The summed E-state index contributed by atoms with van der Waals surface area (Å²) in [6.45, 7) is 12.8. The van der Waals surface area contributed by atoms with Gasteiger partial charge in [-0.3, -0.25) is 9.59 Å². The zero-order valence-corrected chi connectivity index (χ0v) is 44.4. The van der Waals surface area contributed by atoms with Crippen molar-refractivity contribution in [1.29, 1.82) is 0 Å². The van der Waals surface area contributed by atoms with Gasteiger partial charge in [0.15, 0.2) is 5.78 Å². The summed E-state index contributed by atoms with van der Waals surface area (Å²) in [4.78, 5) is 31.6. The van der Waals surface area contributed by atoms with E-state index >= 15 is 9.59 Å². The third-order valence-corrected chi connectivity index (χ3v) is 22.7. The molecule has 10 aliphatic rings. The normalized spacial score (nSPS) is 44.5. The highest BCUT2D eigenvalue weighted by Gasteiger charge is 2.75. The van der Waals surface area contributed by atoms with E-state index in [0.29, 0.717) is 50.5 Å². The number of allylic oxidation sites excluding steroid dienone is 4. The molecule has 10 nitrogen and oxygen atoms in total. The molecule has 7 fully saturated rings. The highest BCUT2D eigenvalue weighted by Crippen LogP contribution is 2.78. The zero-order chi connectivity index (χ0) is 50.8. The van der Waals surface area contributed by atoms with E-state index in [1.54, 1.807) is 0 Å². The fraction of sp³-hybridized carbons (Fsp3) is 0.710. The second-order valence-electron chi connectivity index (χ2n) is 26.6. The molecule has 5 saturated carbocycles. The van der Waals surface area contributed by atoms with E-state index in [1.807, 2.05) is 38.2 Å². The second kappa shape index (κ2) is 18.4. The maximum absolute atomic E-state index is 16.0. The molecule has 10 heteroatoms. The number of hydrogen-bond donors (Lipinski definition) is 7. The first-order valence-corrected chi connectivity index (χ1v) is 28.5. The zero-order valence-electron chi connectivity index (χ0n) is 44.4. The van der Waals surface area contributed by atoms with E-state index in [9.17, 15) is 20.4 Å². The fourth-order valence-corrected chi connectivity index (χ4v) is 19.5. The van der Waals surface area contributed by atoms with Gasteiger partial charge < -0.3 is 41.5 Å². The van der Waals surface area contributed by atoms with Crippen molar-refractivity contribution in [3.63, 3.8) is 0 Å². The molecule has 2 heterocycles. The number of Topliss-reactive ketones (excluding diaryl/α,β-unsaturated/α-hetero) is 2.